The zero-order valence-corrected chi connectivity index (χ0v) is 14.6. The maximum Gasteiger partial charge on any atom is 0.319 e. The summed E-state index contributed by atoms with van der Waals surface area (Å²) in [5.74, 6) is 1.11. The van der Waals surface area contributed by atoms with Gasteiger partial charge in [-0.15, -0.1) is 0 Å². The van der Waals surface area contributed by atoms with Gasteiger partial charge in [-0.2, -0.15) is 0 Å². The van der Waals surface area contributed by atoms with E-state index in [9.17, 15) is 9.59 Å². The first-order valence-electron chi connectivity index (χ1n) is 8.44. The van der Waals surface area contributed by atoms with Crippen molar-refractivity contribution < 1.29 is 14.3 Å². The number of carbonyl (C=O) groups excluding carboxylic acids is 2. The Labute approximate surface area is 129 Å². The van der Waals surface area contributed by atoms with E-state index in [-0.39, 0.29) is 17.9 Å². The van der Waals surface area contributed by atoms with Crippen LogP contribution in [0, 0.1) is 23.2 Å². The second-order valence-corrected chi connectivity index (χ2v) is 7.41. The summed E-state index contributed by atoms with van der Waals surface area (Å²) in [4.78, 5) is 24.5. The predicted molar refractivity (Wildman–Crippen MR) is 84.9 cm³/mol. The number of esters is 1. The summed E-state index contributed by atoms with van der Waals surface area (Å²) < 4.78 is 5.85. The lowest BCUT2D eigenvalue weighted by atomic mass is 9.75. The van der Waals surface area contributed by atoms with E-state index in [0.29, 0.717) is 24.2 Å². The molecule has 0 aromatic carbocycles. The Morgan fingerprint density at radius 2 is 1.90 bits per heavy atom. The Bertz CT molecular complexity index is 375. The smallest absolute Gasteiger partial charge is 0.319 e. The fraction of sp³-hybridized carbons (Fsp3) is 0.889. The molecule has 0 aromatic rings. The largest absolute Gasteiger partial charge is 0.461 e. The first kappa shape index (κ1) is 18.2. The molecule has 0 unspecified atom stereocenters. The molecule has 21 heavy (non-hydrogen) atoms. The Balaban J connectivity index is 2.84. The molecule has 1 fully saturated rings. The first-order valence-corrected chi connectivity index (χ1v) is 8.44. The van der Waals surface area contributed by atoms with Crippen LogP contribution in [-0.2, 0) is 14.3 Å². The number of Topliss-reactive ketones (excluding diaryl/α,β-unsaturated/α-hetero) is 1. The van der Waals surface area contributed by atoms with Gasteiger partial charge < -0.3 is 4.74 Å². The van der Waals surface area contributed by atoms with Crippen LogP contribution in [0.15, 0.2) is 0 Å². The minimum Gasteiger partial charge on any atom is -0.461 e. The molecule has 0 N–H and O–H groups in total. The molecule has 0 aliphatic heterocycles. The van der Waals surface area contributed by atoms with Crippen LogP contribution in [0.5, 0.6) is 0 Å². The fourth-order valence-electron chi connectivity index (χ4n) is 3.44. The van der Waals surface area contributed by atoms with E-state index in [1.807, 2.05) is 6.92 Å². The van der Waals surface area contributed by atoms with Gasteiger partial charge in [-0.3, -0.25) is 9.59 Å². The molecule has 0 heterocycles. The molecular formula is C18H32O3. The van der Waals surface area contributed by atoms with Gasteiger partial charge in [0, 0.05) is 0 Å². The van der Waals surface area contributed by atoms with Gasteiger partial charge in [-0.05, 0) is 50.9 Å². The van der Waals surface area contributed by atoms with Gasteiger partial charge in [0.15, 0.2) is 0 Å². The number of hydrogen-bond acceptors (Lipinski definition) is 3. The molecule has 0 radical (unpaired) electrons. The highest BCUT2D eigenvalue weighted by Crippen LogP contribution is 2.37. The second kappa shape index (κ2) is 7.42. The van der Waals surface area contributed by atoms with E-state index in [0.717, 1.165) is 19.3 Å². The van der Waals surface area contributed by atoms with Crippen LogP contribution in [0.4, 0.5) is 0 Å². The zero-order valence-electron chi connectivity index (χ0n) is 14.6. The summed E-state index contributed by atoms with van der Waals surface area (Å²) in [5, 5.41) is 0. The lowest BCUT2D eigenvalue weighted by Crippen LogP contribution is -2.42. The van der Waals surface area contributed by atoms with Crippen molar-refractivity contribution in [1.29, 1.82) is 0 Å². The highest BCUT2D eigenvalue weighted by Gasteiger charge is 2.42. The van der Waals surface area contributed by atoms with Gasteiger partial charge in [0.1, 0.15) is 17.3 Å². The van der Waals surface area contributed by atoms with Gasteiger partial charge >= 0.3 is 5.97 Å². The third-order valence-electron chi connectivity index (χ3n) is 5.20. The third-order valence-corrected chi connectivity index (χ3v) is 5.20. The van der Waals surface area contributed by atoms with E-state index in [4.69, 9.17) is 4.74 Å². The average molecular weight is 296 g/mol. The average Bonchev–Trinajstić information content (AvgIpc) is 2.38. The van der Waals surface area contributed by atoms with Gasteiger partial charge in [0.25, 0.3) is 0 Å². The summed E-state index contributed by atoms with van der Waals surface area (Å²) in [6.45, 7) is 11.8. The molecule has 122 valence electrons. The minimum atomic E-state index is -0.975. The van der Waals surface area contributed by atoms with Crippen molar-refractivity contribution in [3.63, 3.8) is 0 Å². The van der Waals surface area contributed by atoms with E-state index in [1.165, 1.54) is 13.3 Å². The quantitative estimate of drug-likeness (QED) is 0.539. The summed E-state index contributed by atoms with van der Waals surface area (Å²) in [6.07, 6.45) is 4.58. The predicted octanol–water partition coefficient (Wildman–Crippen LogP) is 4.39. The molecule has 1 aliphatic rings. The fourth-order valence-corrected chi connectivity index (χ4v) is 3.44. The Hall–Kier alpha value is -0.860. The van der Waals surface area contributed by atoms with E-state index in [2.05, 4.69) is 20.8 Å². The molecule has 1 saturated carbocycles. The molecule has 3 heteroatoms. The van der Waals surface area contributed by atoms with Crippen LogP contribution in [0.1, 0.15) is 73.6 Å². The normalized spacial score (nSPS) is 29.0. The molecule has 1 rings (SSSR count). The molecule has 0 bridgehead atoms. The van der Waals surface area contributed by atoms with Crippen molar-refractivity contribution >= 4 is 11.8 Å². The highest BCUT2D eigenvalue weighted by atomic mass is 16.5. The number of hydrogen-bond donors (Lipinski definition) is 0. The maximum atomic E-state index is 12.6. The van der Waals surface area contributed by atoms with E-state index in [1.54, 1.807) is 6.92 Å². The molecule has 1 aliphatic carbocycles. The Morgan fingerprint density at radius 1 is 1.29 bits per heavy atom. The van der Waals surface area contributed by atoms with Gasteiger partial charge in [-0.25, -0.2) is 0 Å². The Kier molecular flexibility index (Phi) is 6.42. The lowest BCUT2D eigenvalue weighted by Gasteiger charge is -2.38. The van der Waals surface area contributed by atoms with Crippen LogP contribution >= 0.6 is 0 Å². The topological polar surface area (TPSA) is 43.4 Å². The van der Waals surface area contributed by atoms with Crippen molar-refractivity contribution in [1.82, 2.24) is 0 Å². The molecular weight excluding hydrogens is 264 g/mol. The van der Waals surface area contributed by atoms with Crippen molar-refractivity contribution in [2.45, 2.75) is 79.8 Å². The van der Waals surface area contributed by atoms with Gasteiger partial charge in [0.05, 0.1) is 0 Å². The summed E-state index contributed by atoms with van der Waals surface area (Å²) in [5.41, 5.74) is -0.975. The first-order chi connectivity index (χ1) is 9.72. The summed E-state index contributed by atoms with van der Waals surface area (Å²) >= 11 is 0. The third kappa shape index (κ3) is 4.31. The summed E-state index contributed by atoms with van der Waals surface area (Å²) in [7, 11) is 0. The highest BCUT2D eigenvalue weighted by molar-refractivity contribution is 6.02. The van der Waals surface area contributed by atoms with Crippen LogP contribution in [0.25, 0.3) is 0 Å². The molecule has 3 nitrogen and oxygen atoms in total. The lowest BCUT2D eigenvalue weighted by molar-refractivity contribution is -0.170. The maximum absolute atomic E-state index is 12.6. The van der Waals surface area contributed by atoms with Gasteiger partial charge in [-0.1, -0.05) is 40.5 Å². The number of ether oxygens (including phenoxy) is 1. The minimum absolute atomic E-state index is 0.0308. The van der Waals surface area contributed by atoms with Gasteiger partial charge in [0.2, 0.25) is 0 Å². The van der Waals surface area contributed by atoms with E-state index >= 15 is 0 Å². The zero-order chi connectivity index (χ0) is 16.2. The molecule has 0 saturated heterocycles. The second-order valence-electron chi connectivity index (χ2n) is 7.41. The number of rotatable bonds is 6. The van der Waals surface area contributed by atoms with E-state index < -0.39 is 5.41 Å². The monoisotopic (exact) mass is 296 g/mol. The van der Waals surface area contributed by atoms with Crippen molar-refractivity contribution in [3.8, 4) is 0 Å². The molecule has 0 spiro atoms. The van der Waals surface area contributed by atoms with Crippen LogP contribution < -0.4 is 0 Å². The Morgan fingerprint density at radius 3 is 2.38 bits per heavy atom. The van der Waals surface area contributed by atoms with Crippen LogP contribution in [0.2, 0.25) is 0 Å². The summed E-state index contributed by atoms with van der Waals surface area (Å²) in [6, 6.07) is 0. The van der Waals surface area contributed by atoms with Crippen molar-refractivity contribution in [2.24, 2.45) is 23.2 Å². The number of carbonyl (C=O) groups is 2. The molecule has 0 aromatic heterocycles. The van der Waals surface area contributed by atoms with Crippen LogP contribution in [-0.4, -0.2) is 17.9 Å². The van der Waals surface area contributed by atoms with Crippen molar-refractivity contribution in [3.05, 3.63) is 0 Å². The standard InChI is InChI=1S/C18H32O3/c1-7-10-18(6,14(5)19)17(20)21-16-11-13(4)8-9-15(16)12(2)3/h12-13,15-16H,7-11H2,1-6H3/t13-,15-,16+,18-/m1/s1. The number of ketones is 1. The van der Waals surface area contributed by atoms with Crippen LogP contribution in [0.3, 0.4) is 0 Å². The molecule has 4 atom stereocenters. The SMILES string of the molecule is CCC[C@](C)(C(C)=O)C(=O)O[C@H]1C[C@H](C)CC[C@@H]1C(C)C. The molecule has 0 amide bonds. The van der Waals surface area contributed by atoms with Crippen molar-refractivity contribution in [2.75, 3.05) is 0 Å².